The number of rotatable bonds is 8. The Balaban J connectivity index is 0.00000247. The minimum absolute atomic E-state index is 0.112. The van der Waals surface area contributed by atoms with E-state index in [4.69, 9.17) is 4.74 Å². The Morgan fingerprint density at radius 2 is 1.29 bits per heavy atom. The summed E-state index contributed by atoms with van der Waals surface area (Å²) in [7, 11) is 0. The molecule has 1 N–H and O–H groups in total. The molecule has 3 rings (SSSR count). The molecule has 0 bridgehead atoms. The van der Waals surface area contributed by atoms with Gasteiger partial charge in [-0.05, 0) is 42.8 Å². The van der Waals surface area contributed by atoms with E-state index in [2.05, 4.69) is 0 Å². The van der Waals surface area contributed by atoms with Crippen molar-refractivity contribution in [2.24, 2.45) is 0 Å². The second kappa shape index (κ2) is 12.0. The van der Waals surface area contributed by atoms with Gasteiger partial charge in [0.2, 0.25) is 0 Å². The fourth-order valence-corrected chi connectivity index (χ4v) is 3.32. The molecule has 3 nitrogen and oxygen atoms in total. The minimum Gasteiger partial charge on any atom is -0.457 e. The number of hydrogen-bond donors (Lipinski definition) is 1. The molecule has 0 amide bonds. The number of halogens is 8. The van der Waals surface area contributed by atoms with Gasteiger partial charge in [-0.1, -0.05) is 56.3 Å². The number of hydrogen-bond acceptors (Lipinski definition) is 3. The molecular formula is C27H27F8NO2. The molecule has 0 aliphatic carbocycles. The van der Waals surface area contributed by atoms with Gasteiger partial charge in [-0.25, -0.2) is 0 Å². The van der Waals surface area contributed by atoms with Crippen molar-refractivity contribution in [1.29, 1.82) is 0 Å². The van der Waals surface area contributed by atoms with Crippen molar-refractivity contribution >= 4 is 5.69 Å². The van der Waals surface area contributed by atoms with Crippen LogP contribution in [0.1, 0.15) is 31.9 Å². The summed E-state index contributed by atoms with van der Waals surface area (Å²) < 4.78 is 112. The van der Waals surface area contributed by atoms with Crippen LogP contribution in [0.2, 0.25) is 0 Å². The van der Waals surface area contributed by atoms with Gasteiger partial charge in [0.25, 0.3) is 0 Å². The molecule has 1 unspecified atom stereocenters. The van der Waals surface area contributed by atoms with E-state index in [0.29, 0.717) is 24.8 Å². The van der Waals surface area contributed by atoms with Crippen LogP contribution >= 0.6 is 0 Å². The zero-order valence-corrected chi connectivity index (χ0v) is 20.7. The Morgan fingerprint density at radius 1 is 0.711 bits per heavy atom. The highest BCUT2D eigenvalue weighted by Crippen LogP contribution is 2.44. The Kier molecular flexibility index (Phi) is 9.77. The Labute approximate surface area is 215 Å². The smallest absolute Gasteiger partial charge is 0.457 e. The minimum atomic E-state index is -5.85. The lowest BCUT2D eigenvalue weighted by molar-refractivity contribution is -0.289. The van der Waals surface area contributed by atoms with Crippen molar-refractivity contribution in [2.75, 3.05) is 11.4 Å². The summed E-state index contributed by atoms with van der Waals surface area (Å²) in [5.74, 6) is -4.49. The molecule has 0 aromatic heterocycles. The van der Waals surface area contributed by atoms with E-state index >= 15 is 0 Å². The van der Waals surface area contributed by atoms with Gasteiger partial charge in [0, 0.05) is 23.9 Å². The molecule has 208 valence electrons. The summed E-state index contributed by atoms with van der Waals surface area (Å²) in [6.45, 7) is 2.99. The molecular weight excluding hydrogens is 522 g/mol. The van der Waals surface area contributed by atoms with E-state index in [0.717, 1.165) is 11.0 Å². The molecule has 38 heavy (non-hydrogen) atoms. The lowest BCUT2D eigenvalue weighted by atomic mass is 10.0. The predicted octanol–water partition coefficient (Wildman–Crippen LogP) is 8.48. The molecule has 0 fully saturated rings. The number of ether oxygens (including phenoxy) is 1. The van der Waals surface area contributed by atoms with Crippen LogP contribution in [0.25, 0.3) is 0 Å². The third kappa shape index (κ3) is 7.59. The largest absolute Gasteiger partial charge is 0.458 e. The van der Waals surface area contributed by atoms with Gasteiger partial charge in [-0.15, -0.1) is 0 Å². The molecule has 3 aromatic carbocycles. The average molecular weight is 550 g/mol. The van der Waals surface area contributed by atoms with Crippen LogP contribution in [0.5, 0.6) is 11.5 Å². The lowest BCUT2D eigenvalue weighted by Crippen LogP contribution is -2.51. The molecule has 3 aromatic rings. The lowest BCUT2D eigenvalue weighted by Gasteiger charge is -2.34. The van der Waals surface area contributed by atoms with Crippen molar-refractivity contribution in [3.63, 3.8) is 0 Å². The first-order valence-electron chi connectivity index (χ1n) is 11.5. The molecule has 0 heterocycles. The van der Waals surface area contributed by atoms with Crippen LogP contribution in [0.3, 0.4) is 0 Å². The summed E-state index contributed by atoms with van der Waals surface area (Å²) in [5, 5.41) is 10.1. The highest BCUT2D eigenvalue weighted by molar-refractivity contribution is 5.52. The first-order valence-corrected chi connectivity index (χ1v) is 11.5. The van der Waals surface area contributed by atoms with Crippen molar-refractivity contribution < 1.29 is 45.0 Å². The molecule has 0 saturated carbocycles. The third-order valence-corrected chi connectivity index (χ3v) is 5.29. The third-order valence-electron chi connectivity index (χ3n) is 5.29. The fourth-order valence-electron chi connectivity index (χ4n) is 3.32. The highest BCUT2D eigenvalue weighted by Gasteiger charge is 2.58. The van der Waals surface area contributed by atoms with Crippen molar-refractivity contribution in [3.05, 3.63) is 90.0 Å². The number of nitrogens with zero attached hydrogens (tertiary/aromatic N) is 1. The van der Waals surface area contributed by atoms with E-state index in [9.17, 15) is 40.2 Å². The number of alkyl halides is 8. The summed E-state index contributed by atoms with van der Waals surface area (Å²) >= 11 is 0. The van der Waals surface area contributed by atoms with Crippen molar-refractivity contribution in [1.82, 2.24) is 0 Å². The van der Waals surface area contributed by atoms with E-state index < -0.39 is 42.5 Å². The predicted molar refractivity (Wildman–Crippen MR) is 128 cm³/mol. The van der Waals surface area contributed by atoms with Gasteiger partial charge < -0.3 is 14.7 Å². The Hall–Kier alpha value is -3.34. The molecule has 0 radical (unpaired) electrons. The van der Waals surface area contributed by atoms with Gasteiger partial charge in [0.1, 0.15) is 11.5 Å². The van der Waals surface area contributed by atoms with Crippen LogP contribution in [0, 0.1) is 0 Å². The normalized spacial score (nSPS) is 13.7. The second-order valence-corrected chi connectivity index (χ2v) is 8.31. The first kappa shape index (κ1) is 30.9. The van der Waals surface area contributed by atoms with Gasteiger partial charge in [-0.2, -0.15) is 35.1 Å². The van der Waals surface area contributed by atoms with Crippen LogP contribution in [0.15, 0.2) is 78.9 Å². The van der Waals surface area contributed by atoms with E-state index in [1.165, 1.54) is 30.3 Å². The van der Waals surface area contributed by atoms with Gasteiger partial charge >= 0.3 is 18.3 Å². The van der Waals surface area contributed by atoms with Crippen LogP contribution in [0.4, 0.5) is 40.8 Å². The summed E-state index contributed by atoms with van der Waals surface area (Å²) in [4.78, 5) is 1.02. The number of anilines is 1. The van der Waals surface area contributed by atoms with Crippen LogP contribution < -0.4 is 9.64 Å². The van der Waals surface area contributed by atoms with E-state index in [-0.39, 0.29) is 17.0 Å². The second-order valence-electron chi connectivity index (χ2n) is 8.31. The number of aliphatic hydroxyl groups is 1. The van der Waals surface area contributed by atoms with Crippen LogP contribution in [-0.2, 0) is 12.5 Å². The van der Waals surface area contributed by atoms with Gasteiger partial charge in [0.05, 0.1) is 6.54 Å². The van der Waals surface area contributed by atoms with Crippen molar-refractivity contribution in [2.45, 2.75) is 51.2 Å². The molecule has 0 aliphatic rings. The number of para-hydroxylation sites is 1. The number of benzene rings is 3. The Bertz CT molecular complexity index is 1160. The SMILES string of the molecule is CC.CC(O)(CN(Cc1cccc(C(F)(F)C(F)(F)F)c1)c1cccc(Oc2ccccc2)c1)C(F)(F)F. The summed E-state index contributed by atoms with van der Waals surface area (Å²) in [6, 6.07) is 17.5. The fraction of sp³-hybridized carbons (Fsp3) is 0.333. The zero-order valence-electron chi connectivity index (χ0n) is 20.7. The summed E-state index contributed by atoms with van der Waals surface area (Å²) in [5.41, 5.74) is -4.59. The maximum absolute atomic E-state index is 13.8. The van der Waals surface area contributed by atoms with Crippen LogP contribution in [-0.4, -0.2) is 29.6 Å². The Morgan fingerprint density at radius 3 is 1.87 bits per heavy atom. The molecule has 1 atom stereocenters. The summed E-state index contributed by atoms with van der Waals surface area (Å²) in [6.07, 6.45) is -10.9. The highest BCUT2D eigenvalue weighted by atomic mass is 19.4. The average Bonchev–Trinajstić information content (AvgIpc) is 2.84. The molecule has 0 aliphatic heterocycles. The zero-order chi connectivity index (χ0) is 28.8. The quantitative estimate of drug-likeness (QED) is 0.286. The molecule has 0 spiro atoms. The van der Waals surface area contributed by atoms with Crippen molar-refractivity contribution in [3.8, 4) is 11.5 Å². The standard InChI is InChI=1S/C25H21F8NO2.C2H6/c1-22(35,24(28,29)30)16-34(15-17-7-5-8-18(13-17)23(26,27)25(31,32)33)19-9-6-12-21(14-19)36-20-10-3-2-4-11-20;1-2/h2-14,35H,15-16H2,1H3;1-2H3. The van der Waals surface area contributed by atoms with E-state index in [1.54, 1.807) is 30.3 Å². The van der Waals surface area contributed by atoms with Gasteiger partial charge in [0.15, 0.2) is 5.60 Å². The van der Waals surface area contributed by atoms with Gasteiger partial charge in [-0.3, -0.25) is 0 Å². The maximum atomic E-state index is 13.8. The monoisotopic (exact) mass is 549 g/mol. The first-order chi connectivity index (χ1) is 17.6. The molecule has 0 saturated heterocycles. The molecule has 11 heteroatoms. The maximum Gasteiger partial charge on any atom is 0.458 e. The topological polar surface area (TPSA) is 32.7 Å². The van der Waals surface area contributed by atoms with E-state index in [1.807, 2.05) is 13.8 Å².